The van der Waals surface area contributed by atoms with Gasteiger partial charge in [0, 0.05) is 10.4 Å². The van der Waals surface area contributed by atoms with Gasteiger partial charge in [-0.3, -0.25) is 0 Å². The Kier molecular flexibility index (Phi) is 4.22. The van der Waals surface area contributed by atoms with Crippen molar-refractivity contribution in [2.24, 2.45) is 0 Å². The van der Waals surface area contributed by atoms with E-state index in [9.17, 15) is 4.79 Å². The smallest absolute Gasteiger partial charge is 0.349 e. The summed E-state index contributed by atoms with van der Waals surface area (Å²) < 4.78 is 5.40. The summed E-state index contributed by atoms with van der Waals surface area (Å²) >= 11 is 1.20. The minimum absolute atomic E-state index is 0.172. The predicted octanol–water partition coefficient (Wildman–Crippen LogP) is 3.19. The van der Waals surface area contributed by atoms with Crippen molar-refractivity contribution in [2.75, 3.05) is 6.61 Å². The van der Waals surface area contributed by atoms with Gasteiger partial charge in [0.25, 0.3) is 0 Å². The molecule has 0 amide bonds. The number of thiophene rings is 1. The second kappa shape index (κ2) is 6.07. The Morgan fingerprint density at radius 2 is 2.11 bits per heavy atom. The maximum absolute atomic E-state index is 11.0. The van der Waals surface area contributed by atoms with E-state index in [1.807, 2.05) is 37.3 Å². The molecule has 1 aromatic carbocycles. The fourth-order valence-corrected chi connectivity index (χ4v) is 2.31. The van der Waals surface area contributed by atoms with Gasteiger partial charge in [-0.1, -0.05) is 30.0 Å². The van der Waals surface area contributed by atoms with E-state index < -0.39 is 5.97 Å². The lowest BCUT2D eigenvalue weighted by Gasteiger charge is -1.99. The number of hydrogen-bond donors (Lipinski definition) is 1. The van der Waals surface area contributed by atoms with E-state index in [0.29, 0.717) is 5.75 Å². The summed E-state index contributed by atoms with van der Waals surface area (Å²) in [4.78, 5) is 12.1. The highest BCUT2D eigenvalue weighted by molar-refractivity contribution is 7.14. The minimum Gasteiger partial charge on any atom is -0.479 e. The molecule has 0 saturated heterocycles. The second-order valence-electron chi connectivity index (χ2n) is 3.81. The number of rotatable bonds is 3. The highest BCUT2D eigenvalue weighted by atomic mass is 32.1. The van der Waals surface area contributed by atoms with Gasteiger partial charge >= 0.3 is 5.97 Å². The Hall–Kier alpha value is -2.25. The molecule has 0 aliphatic carbocycles. The largest absolute Gasteiger partial charge is 0.479 e. The Morgan fingerprint density at radius 1 is 1.37 bits per heavy atom. The van der Waals surface area contributed by atoms with Gasteiger partial charge in [0.1, 0.15) is 12.4 Å². The maximum Gasteiger partial charge on any atom is 0.349 e. The molecule has 2 aromatic rings. The van der Waals surface area contributed by atoms with Crippen molar-refractivity contribution in [3.05, 3.63) is 51.7 Å². The molecule has 0 fully saturated rings. The van der Waals surface area contributed by atoms with Crippen LogP contribution in [-0.2, 0) is 0 Å². The van der Waals surface area contributed by atoms with Crippen molar-refractivity contribution in [2.45, 2.75) is 6.92 Å². The van der Waals surface area contributed by atoms with E-state index in [1.165, 1.54) is 11.3 Å². The Labute approximate surface area is 115 Å². The van der Waals surface area contributed by atoms with Crippen molar-refractivity contribution in [1.29, 1.82) is 0 Å². The van der Waals surface area contributed by atoms with Crippen LogP contribution >= 0.6 is 11.3 Å². The average molecular weight is 272 g/mol. The molecule has 2 rings (SSSR count). The predicted molar refractivity (Wildman–Crippen MR) is 74.8 cm³/mol. The van der Waals surface area contributed by atoms with Gasteiger partial charge in [-0.05, 0) is 25.1 Å². The maximum atomic E-state index is 11.0. The number of aryl methyl sites for hydroxylation is 1. The van der Waals surface area contributed by atoms with Crippen LogP contribution in [0.2, 0.25) is 0 Å². The molecule has 1 N–H and O–H groups in total. The number of aromatic carboxylic acids is 1. The number of carboxylic acid groups (broad SMARTS) is 1. The van der Waals surface area contributed by atoms with Crippen molar-refractivity contribution in [3.63, 3.8) is 0 Å². The zero-order valence-corrected chi connectivity index (χ0v) is 11.2. The topological polar surface area (TPSA) is 46.5 Å². The lowest BCUT2D eigenvalue weighted by atomic mass is 10.2. The summed E-state index contributed by atoms with van der Waals surface area (Å²) in [5, 5.41) is 9.01. The van der Waals surface area contributed by atoms with E-state index in [2.05, 4.69) is 11.8 Å². The van der Waals surface area contributed by atoms with E-state index in [0.717, 1.165) is 10.4 Å². The summed E-state index contributed by atoms with van der Waals surface area (Å²) in [6, 6.07) is 11.3. The van der Waals surface area contributed by atoms with Gasteiger partial charge in [-0.15, -0.1) is 11.3 Å². The van der Waals surface area contributed by atoms with E-state index >= 15 is 0 Å². The lowest BCUT2D eigenvalue weighted by Crippen LogP contribution is -1.99. The third-order valence-electron chi connectivity index (χ3n) is 2.32. The highest BCUT2D eigenvalue weighted by Gasteiger charge is 2.14. The Morgan fingerprint density at radius 3 is 2.79 bits per heavy atom. The van der Waals surface area contributed by atoms with Crippen LogP contribution < -0.4 is 4.74 Å². The lowest BCUT2D eigenvalue weighted by molar-refractivity contribution is 0.0698. The van der Waals surface area contributed by atoms with Crippen molar-refractivity contribution in [3.8, 4) is 17.6 Å². The number of carboxylic acids is 1. The van der Waals surface area contributed by atoms with Crippen LogP contribution in [0.4, 0.5) is 0 Å². The molecular weight excluding hydrogens is 260 g/mol. The van der Waals surface area contributed by atoms with Gasteiger partial charge in [0.15, 0.2) is 4.88 Å². The van der Waals surface area contributed by atoms with Crippen LogP contribution in [0.1, 0.15) is 20.1 Å². The molecule has 1 heterocycles. The third kappa shape index (κ3) is 3.60. The molecule has 0 spiro atoms. The molecule has 0 aliphatic heterocycles. The van der Waals surface area contributed by atoms with Crippen LogP contribution in [0, 0.1) is 18.8 Å². The first-order valence-electron chi connectivity index (χ1n) is 5.67. The standard InChI is InChI=1S/C15H12O3S/c1-11-10-13(14(19-11)15(16)17)18-9-5-8-12-6-3-2-4-7-12/h2-4,6-7,10H,9H2,1H3,(H,16,17). The molecular formula is C15H12O3S. The molecule has 0 bridgehead atoms. The van der Waals surface area contributed by atoms with Gasteiger partial charge in [0.2, 0.25) is 0 Å². The van der Waals surface area contributed by atoms with E-state index in [4.69, 9.17) is 9.84 Å². The van der Waals surface area contributed by atoms with Crippen molar-refractivity contribution >= 4 is 17.3 Å². The zero-order chi connectivity index (χ0) is 13.7. The molecule has 96 valence electrons. The zero-order valence-electron chi connectivity index (χ0n) is 10.3. The van der Waals surface area contributed by atoms with Crippen LogP contribution in [0.5, 0.6) is 5.75 Å². The summed E-state index contributed by atoms with van der Waals surface area (Å²) in [5.74, 6) is 5.23. The molecule has 0 aliphatic rings. The third-order valence-corrected chi connectivity index (χ3v) is 3.34. The molecule has 19 heavy (non-hydrogen) atoms. The summed E-state index contributed by atoms with van der Waals surface area (Å²) in [6.45, 7) is 2.02. The molecule has 4 heteroatoms. The second-order valence-corrected chi connectivity index (χ2v) is 5.07. The van der Waals surface area contributed by atoms with Gasteiger partial charge in [-0.25, -0.2) is 4.79 Å². The normalized spacial score (nSPS) is 9.53. The summed E-state index contributed by atoms with van der Waals surface area (Å²) in [7, 11) is 0. The van der Waals surface area contributed by atoms with E-state index in [-0.39, 0.29) is 11.5 Å². The van der Waals surface area contributed by atoms with E-state index in [1.54, 1.807) is 6.07 Å². The monoisotopic (exact) mass is 272 g/mol. The number of benzene rings is 1. The molecule has 0 atom stereocenters. The van der Waals surface area contributed by atoms with Gasteiger partial charge in [0.05, 0.1) is 0 Å². The van der Waals surface area contributed by atoms with Gasteiger partial charge in [-0.2, -0.15) is 0 Å². The Balaban J connectivity index is 2.00. The highest BCUT2D eigenvalue weighted by Crippen LogP contribution is 2.28. The molecule has 0 saturated carbocycles. The number of carbonyl (C=O) groups is 1. The van der Waals surface area contributed by atoms with Crippen molar-refractivity contribution in [1.82, 2.24) is 0 Å². The average Bonchev–Trinajstić information content (AvgIpc) is 2.77. The molecule has 1 aromatic heterocycles. The fourth-order valence-electron chi connectivity index (χ4n) is 1.52. The quantitative estimate of drug-likeness (QED) is 0.873. The minimum atomic E-state index is -0.968. The fraction of sp³-hybridized carbons (Fsp3) is 0.133. The first kappa shape index (κ1) is 13.2. The number of hydrogen-bond acceptors (Lipinski definition) is 3. The molecule has 3 nitrogen and oxygen atoms in total. The molecule has 0 unspecified atom stereocenters. The first-order chi connectivity index (χ1) is 9.16. The van der Waals surface area contributed by atoms with Gasteiger partial charge < -0.3 is 9.84 Å². The van der Waals surface area contributed by atoms with Crippen LogP contribution in [0.15, 0.2) is 36.4 Å². The summed E-state index contributed by atoms with van der Waals surface area (Å²) in [6.07, 6.45) is 0. The number of ether oxygens (including phenoxy) is 1. The van der Waals surface area contributed by atoms with Crippen LogP contribution in [0.25, 0.3) is 0 Å². The molecule has 0 radical (unpaired) electrons. The van der Waals surface area contributed by atoms with Crippen LogP contribution in [-0.4, -0.2) is 17.7 Å². The Bertz CT molecular complexity index is 632. The van der Waals surface area contributed by atoms with Crippen LogP contribution in [0.3, 0.4) is 0 Å². The first-order valence-corrected chi connectivity index (χ1v) is 6.49. The van der Waals surface area contributed by atoms with Crippen molar-refractivity contribution < 1.29 is 14.6 Å². The SMILES string of the molecule is Cc1cc(OCC#Cc2ccccc2)c(C(=O)O)s1. The summed E-state index contributed by atoms with van der Waals surface area (Å²) in [5.41, 5.74) is 0.908.